The van der Waals surface area contributed by atoms with Crippen molar-refractivity contribution in [1.82, 2.24) is 0 Å². The van der Waals surface area contributed by atoms with E-state index in [1.54, 1.807) is 42.9 Å². The van der Waals surface area contributed by atoms with Gasteiger partial charge in [-0.15, -0.1) is 0 Å². The Balaban J connectivity index is 2.26. The van der Waals surface area contributed by atoms with Gasteiger partial charge in [0.05, 0.1) is 0 Å². The SMILES string of the molecule is O=[C]c1cc([C]=O)cc(NC(=O)c2ccccc2)c1. The van der Waals surface area contributed by atoms with E-state index < -0.39 is 0 Å². The van der Waals surface area contributed by atoms with E-state index in [9.17, 15) is 14.4 Å². The maximum absolute atomic E-state index is 11.9. The van der Waals surface area contributed by atoms with Crippen LogP contribution in [-0.4, -0.2) is 18.5 Å². The molecule has 0 unspecified atom stereocenters. The molecule has 0 atom stereocenters. The fourth-order valence-electron chi connectivity index (χ4n) is 1.61. The molecule has 92 valence electrons. The van der Waals surface area contributed by atoms with Gasteiger partial charge in [0.1, 0.15) is 0 Å². The zero-order valence-corrected chi connectivity index (χ0v) is 9.84. The first-order valence-corrected chi connectivity index (χ1v) is 5.51. The second-order valence-corrected chi connectivity index (χ2v) is 3.82. The predicted octanol–water partition coefficient (Wildman–Crippen LogP) is 1.85. The maximum Gasteiger partial charge on any atom is 0.255 e. The number of hydrogen-bond acceptors (Lipinski definition) is 3. The van der Waals surface area contributed by atoms with Crippen molar-refractivity contribution in [1.29, 1.82) is 0 Å². The van der Waals surface area contributed by atoms with Gasteiger partial charge in [-0.1, -0.05) is 18.2 Å². The average molecular weight is 251 g/mol. The Kier molecular flexibility index (Phi) is 3.83. The minimum atomic E-state index is -0.319. The average Bonchev–Trinajstić information content (AvgIpc) is 2.47. The van der Waals surface area contributed by atoms with E-state index in [1.165, 1.54) is 18.2 Å². The molecule has 19 heavy (non-hydrogen) atoms. The van der Waals surface area contributed by atoms with Gasteiger partial charge in [0.15, 0.2) is 0 Å². The van der Waals surface area contributed by atoms with Crippen LogP contribution in [0.2, 0.25) is 0 Å². The van der Waals surface area contributed by atoms with Gasteiger partial charge in [0, 0.05) is 22.4 Å². The molecule has 4 nitrogen and oxygen atoms in total. The van der Waals surface area contributed by atoms with Crippen LogP contribution in [0.1, 0.15) is 21.5 Å². The van der Waals surface area contributed by atoms with Crippen molar-refractivity contribution in [3.8, 4) is 0 Å². The molecule has 1 amide bonds. The number of carbonyl (C=O) groups is 1. The summed E-state index contributed by atoms with van der Waals surface area (Å²) in [4.78, 5) is 33.1. The second kappa shape index (κ2) is 5.73. The van der Waals surface area contributed by atoms with Crippen LogP contribution in [0, 0.1) is 0 Å². The summed E-state index contributed by atoms with van der Waals surface area (Å²) >= 11 is 0. The van der Waals surface area contributed by atoms with Gasteiger partial charge in [-0.3, -0.25) is 14.4 Å². The molecule has 2 aromatic carbocycles. The summed E-state index contributed by atoms with van der Waals surface area (Å²) in [7, 11) is 0. The summed E-state index contributed by atoms with van der Waals surface area (Å²) in [6, 6.07) is 12.8. The number of nitrogens with one attached hydrogen (secondary N) is 1. The normalized spacial score (nSPS) is 9.68. The number of benzene rings is 2. The molecule has 2 rings (SSSR count). The Morgan fingerprint density at radius 3 is 2.00 bits per heavy atom. The summed E-state index contributed by atoms with van der Waals surface area (Å²) < 4.78 is 0. The molecule has 0 fully saturated rings. The van der Waals surface area contributed by atoms with Gasteiger partial charge in [0.25, 0.3) is 5.91 Å². The van der Waals surface area contributed by atoms with Crippen LogP contribution in [0.3, 0.4) is 0 Å². The van der Waals surface area contributed by atoms with Gasteiger partial charge in [-0.2, -0.15) is 0 Å². The van der Waals surface area contributed by atoms with Crippen molar-refractivity contribution < 1.29 is 14.4 Å². The molecule has 2 aromatic rings. The Morgan fingerprint density at radius 1 is 0.895 bits per heavy atom. The first kappa shape index (κ1) is 12.7. The lowest BCUT2D eigenvalue weighted by Crippen LogP contribution is -2.12. The molecule has 0 aromatic heterocycles. The number of rotatable bonds is 4. The molecule has 4 heteroatoms. The maximum atomic E-state index is 11.9. The van der Waals surface area contributed by atoms with Crippen molar-refractivity contribution in [2.75, 3.05) is 5.32 Å². The standard InChI is InChI=1S/C15H9NO3/c17-9-11-6-12(10-18)8-14(7-11)16-15(19)13-4-2-1-3-5-13/h1-8H,(H,16,19). The van der Waals surface area contributed by atoms with Crippen LogP contribution in [-0.2, 0) is 9.59 Å². The summed E-state index contributed by atoms with van der Waals surface area (Å²) in [6.45, 7) is 0. The minimum Gasteiger partial charge on any atom is -0.322 e. The smallest absolute Gasteiger partial charge is 0.255 e. The van der Waals surface area contributed by atoms with E-state index in [1.807, 2.05) is 0 Å². The molecule has 0 aliphatic carbocycles. The highest BCUT2D eigenvalue weighted by atomic mass is 16.1. The zero-order valence-electron chi connectivity index (χ0n) is 9.84. The largest absolute Gasteiger partial charge is 0.322 e. The Labute approximate surface area is 110 Å². The Morgan fingerprint density at radius 2 is 1.47 bits per heavy atom. The van der Waals surface area contributed by atoms with Gasteiger partial charge in [0.2, 0.25) is 12.6 Å². The molecule has 0 saturated carbocycles. The second-order valence-electron chi connectivity index (χ2n) is 3.82. The molecule has 0 heterocycles. The van der Waals surface area contributed by atoms with E-state index >= 15 is 0 Å². The molecule has 0 saturated heterocycles. The topological polar surface area (TPSA) is 63.2 Å². The highest BCUT2D eigenvalue weighted by Crippen LogP contribution is 2.14. The molecule has 2 radical (unpaired) electrons. The lowest BCUT2D eigenvalue weighted by atomic mass is 10.1. The van der Waals surface area contributed by atoms with E-state index in [0.29, 0.717) is 11.3 Å². The van der Waals surface area contributed by atoms with Crippen LogP contribution in [0.5, 0.6) is 0 Å². The fraction of sp³-hybridized carbons (Fsp3) is 0. The summed E-state index contributed by atoms with van der Waals surface area (Å²) in [6.07, 6.45) is 3.35. The monoisotopic (exact) mass is 251 g/mol. The summed E-state index contributed by atoms with van der Waals surface area (Å²) in [5.41, 5.74) is 1.21. The van der Waals surface area contributed by atoms with Crippen LogP contribution in [0.25, 0.3) is 0 Å². The number of amides is 1. The molecular weight excluding hydrogens is 242 g/mol. The Bertz CT molecular complexity index is 594. The van der Waals surface area contributed by atoms with E-state index in [2.05, 4.69) is 5.32 Å². The van der Waals surface area contributed by atoms with Crippen LogP contribution in [0.4, 0.5) is 5.69 Å². The number of hydrogen-bond donors (Lipinski definition) is 1. The van der Waals surface area contributed by atoms with Gasteiger partial charge >= 0.3 is 0 Å². The number of anilines is 1. The first-order chi connectivity index (χ1) is 9.22. The first-order valence-electron chi connectivity index (χ1n) is 5.51. The fourth-order valence-corrected chi connectivity index (χ4v) is 1.61. The third kappa shape index (κ3) is 3.13. The quantitative estimate of drug-likeness (QED) is 0.902. The highest BCUT2D eigenvalue weighted by molar-refractivity contribution is 6.05. The van der Waals surface area contributed by atoms with Crippen molar-refractivity contribution in [3.05, 3.63) is 65.2 Å². The van der Waals surface area contributed by atoms with Crippen molar-refractivity contribution in [2.24, 2.45) is 0 Å². The number of carbonyl (C=O) groups excluding carboxylic acids is 3. The van der Waals surface area contributed by atoms with Crippen molar-refractivity contribution in [2.45, 2.75) is 0 Å². The van der Waals surface area contributed by atoms with Gasteiger partial charge < -0.3 is 5.32 Å². The lowest BCUT2D eigenvalue weighted by Gasteiger charge is -2.06. The van der Waals surface area contributed by atoms with Crippen LogP contribution in [0.15, 0.2) is 48.5 Å². The minimum absolute atomic E-state index is 0.184. The predicted molar refractivity (Wildman–Crippen MR) is 70.4 cm³/mol. The summed E-state index contributed by atoms with van der Waals surface area (Å²) in [5.74, 6) is -0.319. The Hall–Kier alpha value is -2.75. The van der Waals surface area contributed by atoms with Gasteiger partial charge in [-0.05, 0) is 30.3 Å². The van der Waals surface area contributed by atoms with Crippen LogP contribution >= 0.6 is 0 Å². The van der Waals surface area contributed by atoms with Crippen molar-refractivity contribution in [3.63, 3.8) is 0 Å². The third-order valence-corrected chi connectivity index (χ3v) is 2.46. The molecule has 0 bridgehead atoms. The van der Waals surface area contributed by atoms with E-state index in [-0.39, 0.29) is 17.0 Å². The van der Waals surface area contributed by atoms with Gasteiger partial charge in [-0.25, -0.2) is 0 Å². The molecule has 1 N–H and O–H groups in total. The van der Waals surface area contributed by atoms with E-state index in [0.717, 1.165) is 0 Å². The third-order valence-electron chi connectivity index (χ3n) is 2.46. The highest BCUT2D eigenvalue weighted by Gasteiger charge is 2.07. The zero-order chi connectivity index (χ0) is 13.7. The lowest BCUT2D eigenvalue weighted by molar-refractivity contribution is 0.102. The van der Waals surface area contributed by atoms with Crippen molar-refractivity contribution >= 4 is 24.2 Å². The van der Waals surface area contributed by atoms with E-state index in [4.69, 9.17) is 0 Å². The molecule has 0 aliphatic rings. The van der Waals surface area contributed by atoms with Crippen LogP contribution < -0.4 is 5.32 Å². The summed E-state index contributed by atoms with van der Waals surface area (Å²) in [5, 5.41) is 2.61. The molecule has 0 aliphatic heterocycles. The molecular formula is C15H9NO3. The molecule has 0 spiro atoms.